The quantitative estimate of drug-likeness (QED) is 0.635. The predicted octanol–water partition coefficient (Wildman–Crippen LogP) is 3.76. The molecule has 1 N–H and O–H groups in total. The number of nitro groups is 1. The van der Waals surface area contributed by atoms with Gasteiger partial charge in [0.2, 0.25) is 0 Å². The van der Waals surface area contributed by atoms with Gasteiger partial charge in [0, 0.05) is 23.3 Å². The number of nitro benzene ring substituents is 1. The van der Waals surface area contributed by atoms with Gasteiger partial charge in [0.1, 0.15) is 11.6 Å². The molecule has 0 unspecified atom stereocenters. The summed E-state index contributed by atoms with van der Waals surface area (Å²) in [7, 11) is 0. The fourth-order valence-corrected chi connectivity index (χ4v) is 2.29. The summed E-state index contributed by atoms with van der Waals surface area (Å²) in [6.45, 7) is 3.45. The van der Waals surface area contributed by atoms with Gasteiger partial charge in [-0.1, -0.05) is 6.07 Å². The van der Waals surface area contributed by atoms with E-state index < -0.39 is 28.5 Å². The van der Waals surface area contributed by atoms with Crippen molar-refractivity contribution in [3.05, 3.63) is 69.3 Å². The lowest BCUT2D eigenvalue weighted by Gasteiger charge is -2.15. The molecule has 0 aliphatic carbocycles. The minimum Gasteiger partial charge on any atom is -0.487 e. The molecule has 0 saturated carbocycles. The van der Waals surface area contributed by atoms with Crippen LogP contribution in [0.5, 0.6) is 5.75 Å². The summed E-state index contributed by atoms with van der Waals surface area (Å²) < 4.78 is 31.9. The molecule has 6 nitrogen and oxygen atoms in total. The molecule has 0 spiro atoms. The molecule has 0 radical (unpaired) electrons. The Labute approximate surface area is 142 Å². The van der Waals surface area contributed by atoms with Gasteiger partial charge in [0.05, 0.1) is 17.6 Å². The van der Waals surface area contributed by atoms with Crippen molar-refractivity contribution >= 4 is 11.6 Å². The van der Waals surface area contributed by atoms with Crippen LogP contribution in [0.1, 0.15) is 35.8 Å². The predicted molar refractivity (Wildman–Crippen MR) is 86.5 cm³/mol. The van der Waals surface area contributed by atoms with Crippen LogP contribution in [0.2, 0.25) is 0 Å². The van der Waals surface area contributed by atoms with E-state index in [4.69, 9.17) is 4.74 Å². The number of hydrogen-bond donors (Lipinski definition) is 1. The monoisotopic (exact) mass is 350 g/mol. The van der Waals surface area contributed by atoms with E-state index in [0.29, 0.717) is 0 Å². The maximum absolute atomic E-state index is 13.8. The van der Waals surface area contributed by atoms with E-state index in [9.17, 15) is 23.7 Å². The highest BCUT2D eigenvalue weighted by atomic mass is 19.1. The molecule has 1 amide bonds. The van der Waals surface area contributed by atoms with Crippen LogP contribution in [0.3, 0.4) is 0 Å². The van der Waals surface area contributed by atoms with Crippen molar-refractivity contribution in [1.29, 1.82) is 0 Å². The third kappa shape index (κ3) is 4.28. The minimum atomic E-state index is -0.787. The Kier molecular flexibility index (Phi) is 5.63. The van der Waals surface area contributed by atoms with E-state index in [1.165, 1.54) is 25.1 Å². The Balaban J connectivity index is 2.22. The second kappa shape index (κ2) is 7.69. The summed E-state index contributed by atoms with van der Waals surface area (Å²) in [4.78, 5) is 22.7. The van der Waals surface area contributed by atoms with Crippen LogP contribution in [0, 0.1) is 21.7 Å². The molecule has 25 heavy (non-hydrogen) atoms. The maximum Gasteiger partial charge on any atom is 0.311 e. The van der Waals surface area contributed by atoms with Gasteiger partial charge in [-0.15, -0.1) is 0 Å². The largest absolute Gasteiger partial charge is 0.487 e. The summed E-state index contributed by atoms with van der Waals surface area (Å²) in [5, 5.41) is 13.6. The molecule has 8 heteroatoms. The Morgan fingerprint density at radius 2 is 2.00 bits per heavy atom. The molecule has 132 valence electrons. The van der Waals surface area contributed by atoms with Crippen LogP contribution < -0.4 is 10.1 Å². The van der Waals surface area contributed by atoms with E-state index in [1.54, 1.807) is 6.92 Å². The number of nitrogens with one attached hydrogen (secondary N) is 1. The SMILES string of the molecule is CCOc1ccc(C(=O)N[C@@H](C)c2ccc(F)cc2F)cc1[N+](=O)[O-]. The summed E-state index contributed by atoms with van der Waals surface area (Å²) in [6.07, 6.45) is 0. The summed E-state index contributed by atoms with van der Waals surface area (Å²) >= 11 is 0. The van der Waals surface area contributed by atoms with Gasteiger partial charge >= 0.3 is 5.69 Å². The van der Waals surface area contributed by atoms with Crippen molar-refractivity contribution in [2.24, 2.45) is 0 Å². The molecule has 0 aromatic heterocycles. The average Bonchev–Trinajstić information content (AvgIpc) is 2.54. The lowest BCUT2D eigenvalue weighted by molar-refractivity contribution is -0.385. The van der Waals surface area contributed by atoms with Gasteiger partial charge in [-0.05, 0) is 32.0 Å². The zero-order chi connectivity index (χ0) is 18.6. The Morgan fingerprint density at radius 1 is 1.28 bits per heavy atom. The first-order valence-electron chi connectivity index (χ1n) is 7.50. The number of rotatable bonds is 6. The highest BCUT2D eigenvalue weighted by Crippen LogP contribution is 2.28. The Bertz CT molecular complexity index is 811. The van der Waals surface area contributed by atoms with E-state index in [0.717, 1.165) is 18.2 Å². The van der Waals surface area contributed by atoms with Crippen molar-refractivity contribution < 1.29 is 23.2 Å². The smallest absolute Gasteiger partial charge is 0.311 e. The first-order valence-corrected chi connectivity index (χ1v) is 7.50. The van der Waals surface area contributed by atoms with Crippen LogP contribution in [-0.4, -0.2) is 17.4 Å². The van der Waals surface area contributed by atoms with E-state index in [2.05, 4.69) is 5.32 Å². The molecule has 0 aliphatic heterocycles. The van der Waals surface area contributed by atoms with Crippen molar-refractivity contribution in [3.8, 4) is 5.75 Å². The molecule has 0 fully saturated rings. The van der Waals surface area contributed by atoms with Gasteiger partial charge in [0.25, 0.3) is 5.91 Å². The third-order valence-corrected chi connectivity index (χ3v) is 3.49. The number of nitrogens with zero attached hydrogens (tertiary/aromatic N) is 1. The zero-order valence-corrected chi connectivity index (χ0v) is 13.6. The number of halogens is 2. The van der Waals surface area contributed by atoms with Gasteiger partial charge in [-0.3, -0.25) is 14.9 Å². The lowest BCUT2D eigenvalue weighted by atomic mass is 10.1. The molecular weight excluding hydrogens is 334 g/mol. The molecule has 2 aromatic carbocycles. The van der Waals surface area contributed by atoms with E-state index in [1.807, 2.05) is 0 Å². The van der Waals surface area contributed by atoms with Gasteiger partial charge in [-0.2, -0.15) is 0 Å². The molecule has 0 bridgehead atoms. The van der Waals surface area contributed by atoms with Crippen molar-refractivity contribution in [2.45, 2.75) is 19.9 Å². The summed E-state index contributed by atoms with van der Waals surface area (Å²) in [5.74, 6) is -2.07. The number of hydrogen-bond acceptors (Lipinski definition) is 4. The molecule has 2 aromatic rings. The van der Waals surface area contributed by atoms with E-state index >= 15 is 0 Å². The van der Waals surface area contributed by atoms with Crippen LogP contribution in [0.4, 0.5) is 14.5 Å². The van der Waals surface area contributed by atoms with Crippen molar-refractivity contribution in [1.82, 2.24) is 5.32 Å². The molecule has 0 aliphatic rings. The van der Waals surface area contributed by atoms with Crippen LogP contribution in [-0.2, 0) is 0 Å². The first kappa shape index (κ1) is 18.3. The Morgan fingerprint density at radius 3 is 2.60 bits per heavy atom. The second-order valence-corrected chi connectivity index (χ2v) is 5.23. The minimum absolute atomic E-state index is 0.0320. The first-order chi connectivity index (χ1) is 11.8. The average molecular weight is 350 g/mol. The normalized spacial score (nSPS) is 11.7. The highest BCUT2D eigenvalue weighted by Gasteiger charge is 2.20. The summed E-state index contributed by atoms with van der Waals surface area (Å²) in [6, 6.07) is 6.09. The molecule has 1 atom stereocenters. The van der Waals surface area contributed by atoms with Gasteiger partial charge in [0.15, 0.2) is 5.75 Å². The maximum atomic E-state index is 13.8. The fraction of sp³-hybridized carbons (Fsp3) is 0.235. The fourth-order valence-electron chi connectivity index (χ4n) is 2.29. The van der Waals surface area contributed by atoms with Crippen molar-refractivity contribution in [3.63, 3.8) is 0 Å². The van der Waals surface area contributed by atoms with Gasteiger partial charge in [-0.25, -0.2) is 8.78 Å². The second-order valence-electron chi connectivity index (χ2n) is 5.23. The molecule has 2 rings (SSSR count). The standard InChI is InChI=1S/C17H16F2N2O4/c1-3-25-16-7-4-11(8-15(16)21(23)24)17(22)20-10(2)13-6-5-12(18)9-14(13)19/h4-10H,3H2,1-2H3,(H,20,22)/t10-/m0/s1. The van der Waals surface area contributed by atoms with Crippen LogP contribution in [0.15, 0.2) is 36.4 Å². The van der Waals surface area contributed by atoms with Crippen LogP contribution >= 0.6 is 0 Å². The molecule has 0 heterocycles. The zero-order valence-electron chi connectivity index (χ0n) is 13.6. The highest BCUT2D eigenvalue weighted by molar-refractivity contribution is 5.95. The van der Waals surface area contributed by atoms with Crippen molar-refractivity contribution in [2.75, 3.05) is 6.61 Å². The number of carbonyl (C=O) groups is 1. The third-order valence-electron chi connectivity index (χ3n) is 3.49. The Hall–Kier alpha value is -3.03. The lowest BCUT2D eigenvalue weighted by Crippen LogP contribution is -2.27. The summed E-state index contributed by atoms with van der Waals surface area (Å²) in [5.41, 5.74) is -0.199. The number of amides is 1. The number of ether oxygens (including phenoxy) is 1. The van der Waals surface area contributed by atoms with Crippen LogP contribution in [0.25, 0.3) is 0 Å². The van der Waals surface area contributed by atoms with E-state index in [-0.39, 0.29) is 29.2 Å². The molecule has 0 saturated heterocycles. The molecular formula is C17H16F2N2O4. The van der Waals surface area contributed by atoms with Gasteiger partial charge < -0.3 is 10.1 Å². The topological polar surface area (TPSA) is 81.5 Å². The number of benzene rings is 2. The number of carbonyl (C=O) groups excluding carboxylic acids is 1.